The number of hydrogen-bond acceptors (Lipinski definition) is 6. The molecule has 0 aromatic heterocycles. The third-order valence-electron chi connectivity index (χ3n) is 7.57. The predicted molar refractivity (Wildman–Crippen MR) is 134 cm³/mol. The number of rotatable bonds is 6. The first kappa shape index (κ1) is 23.8. The number of nitrogens with zero attached hydrogens (tertiary/aromatic N) is 3. The Morgan fingerprint density at radius 1 is 0.886 bits per heavy atom. The van der Waals surface area contributed by atoms with Crippen LogP contribution in [0.25, 0.3) is 0 Å². The SMILES string of the molecule is C[C@@H](C(=O)N1CCN(Cc2ccccc2)CC1)N1CCC(C(=O)c2ccc3c(c2)OCCO3)CC1. The molecule has 0 bridgehead atoms. The van der Waals surface area contributed by atoms with Crippen molar-refractivity contribution in [2.24, 2.45) is 5.92 Å². The van der Waals surface area contributed by atoms with Gasteiger partial charge in [0.15, 0.2) is 17.3 Å². The highest BCUT2D eigenvalue weighted by molar-refractivity contribution is 5.98. The van der Waals surface area contributed by atoms with Crippen LogP contribution in [0.5, 0.6) is 11.5 Å². The van der Waals surface area contributed by atoms with Crippen molar-refractivity contribution in [3.63, 3.8) is 0 Å². The largest absolute Gasteiger partial charge is 0.486 e. The van der Waals surface area contributed by atoms with E-state index in [0.717, 1.165) is 58.7 Å². The van der Waals surface area contributed by atoms with Crippen LogP contribution in [-0.2, 0) is 11.3 Å². The first-order valence-corrected chi connectivity index (χ1v) is 12.8. The fourth-order valence-corrected chi connectivity index (χ4v) is 5.37. The van der Waals surface area contributed by atoms with Gasteiger partial charge in [0.05, 0.1) is 6.04 Å². The number of ketones is 1. The number of likely N-dealkylation sites (tertiary alicyclic amines) is 1. The lowest BCUT2D eigenvalue weighted by atomic mass is 9.88. The molecular weight excluding hydrogens is 442 g/mol. The van der Waals surface area contributed by atoms with E-state index in [4.69, 9.17) is 9.47 Å². The molecule has 0 N–H and O–H groups in total. The Kier molecular flexibility index (Phi) is 7.35. The van der Waals surface area contributed by atoms with Gasteiger partial charge < -0.3 is 14.4 Å². The van der Waals surface area contributed by atoms with E-state index in [0.29, 0.717) is 30.3 Å². The summed E-state index contributed by atoms with van der Waals surface area (Å²) in [7, 11) is 0. The molecule has 0 saturated carbocycles. The highest BCUT2D eigenvalue weighted by atomic mass is 16.6. The highest BCUT2D eigenvalue weighted by Crippen LogP contribution is 2.32. The molecule has 35 heavy (non-hydrogen) atoms. The Labute approximate surface area is 207 Å². The van der Waals surface area contributed by atoms with Gasteiger partial charge in [-0.3, -0.25) is 19.4 Å². The number of piperidine rings is 1. The minimum absolute atomic E-state index is 0.0161. The van der Waals surface area contributed by atoms with Gasteiger partial charge in [0.25, 0.3) is 0 Å². The second kappa shape index (κ2) is 10.8. The van der Waals surface area contributed by atoms with Crippen molar-refractivity contribution in [2.75, 3.05) is 52.5 Å². The maximum absolute atomic E-state index is 13.2. The molecule has 186 valence electrons. The Hall–Kier alpha value is -2.90. The molecule has 3 aliphatic heterocycles. The zero-order valence-corrected chi connectivity index (χ0v) is 20.5. The molecule has 1 atom stereocenters. The molecule has 2 fully saturated rings. The van der Waals surface area contributed by atoms with Crippen LogP contribution in [0.15, 0.2) is 48.5 Å². The summed E-state index contributed by atoms with van der Waals surface area (Å²) in [6.07, 6.45) is 1.55. The van der Waals surface area contributed by atoms with E-state index >= 15 is 0 Å². The summed E-state index contributed by atoms with van der Waals surface area (Å²) in [5, 5.41) is 0. The van der Waals surface area contributed by atoms with E-state index in [1.807, 2.05) is 36.1 Å². The van der Waals surface area contributed by atoms with Crippen molar-refractivity contribution in [1.29, 1.82) is 0 Å². The fraction of sp³-hybridized carbons (Fsp3) is 0.500. The van der Waals surface area contributed by atoms with Gasteiger partial charge in [-0.15, -0.1) is 0 Å². The van der Waals surface area contributed by atoms with Crippen LogP contribution >= 0.6 is 0 Å². The Balaban J connectivity index is 1.09. The molecule has 7 heteroatoms. The predicted octanol–water partition coefficient (Wildman–Crippen LogP) is 3.09. The average molecular weight is 478 g/mol. The van der Waals surface area contributed by atoms with Gasteiger partial charge >= 0.3 is 0 Å². The van der Waals surface area contributed by atoms with Gasteiger partial charge in [-0.25, -0.2) is 0 Å². The second-order valence-electron chi connectivity index (χ2n) is 9.80. The van der Waals surface area contributed by atoms with Crippen molar-refractivity contribution >= 4 is 11.7 Å². The monoisotopic (exact) mass is 477 g/mol. The summed E-state index contributed by atoms with van der Waals surface area (Å²) < 4.78 is 11.2. The molecule has 3 aliphatic rings. The van der Waals surface area contributed by atoms with Gasteiger partial charge in [0.1, 0.15) is 13.2 Å². The number of amides is 1. The van der Waals surface area contributed by atoms with Crippen molar-refractivity contribution in [1.82, 2.24) is 14.7 Å². The summed E-state index contributed by atoms with van der Waals surface area (Å²) in [5.41, 5.74) is 2.00. The molecule has 5 rings (SSSR count). The molecule has 0 aliphatic carbocycles. The minimum atomic E-state index is -0.152. The Morgan fingerprint density at radius 2 is 1.57 bits per heavy atom. The minimum Gasteiger partial charge on any atom is -0.486 e. The molecule has 3 heterocycles. The third kappa shape index (κ3) is 5.52. The van der Waals surface area contributed by atoms with Crippen LogP contribution in [0.1, 0.15) is 35.7 Å². The summed E-state index contributed by atoms with van der Waals surface area (Å²) >= 11 is 0. The summed E-state index contributed by atoms with van der Waals surface area (Å²) in [5.74, 6) is 1.72. The molecule has 7 nitrogen and oxygen atoms in total. The molecule has 2 aromatic carbocycles. The van der Waals surface area contributed by atoms with E-state index in [9.17, 15) is 9.59 Å². The Bertz CT molecular complexity index is 1030. The molecular formula is C28H35N3O4. The zero-order chi connectivity index (χ0) is 24.2. The van der Waals surface area contributed by atoms with Crippen LogP contribution < -0.4 is 9.47 Å². The molecule has 0 unspecified atom stereocenters. The fourth-order valence-electron chi connectivity index (χ4n) is 5.37. The van der Waals surface area contributed by atoms with Crippen LogP contribution in [-0.4, -0.2) is 84.9 Å². The van der Waals surface area contributed by atoms with Crippen LogP contribution in [0, 0.1) is 5.92 Å². The average Bonchev–Trinajstić information content (AvgIpc) is 2.92. The number of piperazine rings is 1. The number of carbonyl (C=O) groups excluding carboxylic acids is 2. The topological polar surface area (TPSA) is 62.3 Å². The first-order valence-electron chi connectivity index (χ1n) is 12.8. The maximum Gasteiger partial charge on any atom is 0.239 e. The van der Waals surface area contributed by atoms with Crippen LogP contribution in [0.2, 0.25) is 0 Å². The van der Waals surface area contributed by atoms with Crippen molar-refractivity contribution in [2.45, 2.75) is 32.4 Å². The van der Waals surface area contributed by atoms with Gasteiger partial charge in [0.2, 0.25) is 5.91 Å². The molecule has 2 aromatic rings. The van der Waals surface area contributed by atoms with E-state index < -0.39 is 0 Å². The number of carbonyl (C=O) groups is 2. The van der Waals surface area contributed by atoms with E-state index in [-0.39, 0.29) is 23.7 Å². The Morgan fingerprint density at radius 3 is 2.29 bits per heavy atom. The van der Waals surface area contributed by atoms with Gasteiger partial charge in [0, 0.05) is 44.2 Å². The van der Waals surface area contributed by atoms with E-state index in [2.05, 4.69) is 34.1 Å². The standard InChI is InChI=1S/C28H35N3O4/c1-21(28(33)31-15-13-29(14-16-31)20-22-5-3-2-4-6-22)30-11-9-23(10-12-30)27(32)24-7-8-25-26(19-24)35-18-17-34-25/h2-8,19,21,23H,9-18,20H2,1H3/t21-/m0/s1. The number of Topliss-reactive ketones (excluding diaryl/α,β-unsaturated/α-hetero) is 1. The van der Waals surface area contributed by atoms with Crippen molar-refractivity contribution in [3.05, 3.63) is 59.7 Å². The first-order chi connectivity index (χ1) is 17.1. The number of ether oxygens (including phenoxy) is 2. The number of fused-ring (bicyclic) bond motifs is 1. The number of hydrogen-bond donors (Lipinski definition) is 0. The summed E-state index contributed by atoms with van der Waals surface area (Å²) in [6.45, 7) is 8.88. The number of benzene rings is 2. The normalized spacial score (nSPS) is 20.4. The van der Waals surface area contributed by atoms with Gasteiger partial charge in [-0.05, 0) is 56.6 Å². The lowest BCUT2D eigenvalue weighted by Crippen LogP contribution is -2.55. The quantitative estimate of drug-likeness (QED) is 0.596. The second-order valence-corrected chi connectivity index (χ2v) is 9.80. The molecule has 0 spiro atoms. The highest BCUT2D eigenvalue weighted by Gasteiger charge is 2.33. The molecule has 1 amide bonds. The van der Waals surface area contributed by atoms with E-state index in [1.54, 1.807) is 0 Å². The maximum atomic E-state index is 13.2. The molecule has 0 radical (unpaired) electrons. The van der Waals surface area contributed by atoms with Crippen molar-refractivity contribution in [3.8, 4) is 11.5 Å². The zero-order valence-electron chi connectivity index (χ0n) is 20.5. The van der Waals surface area contributed by atoms with Crippen LogP contribution in [0.3, 0.4) is 0 Å². The van der Waals surface area contributed by atoms with Crippen LogP contribution in [0.4, 0.5) is 0 Å². The smallest absolute Gasteiger partial charge is 0.239 e. The van der Waals surface area contributed by atoms with Gasteiger partial charge in [-0.1, -0.05) is 30.3 Å². The van der Waals surface area contributed by atoms with E-state index in [1.165, 1.54) is 5.56 Å². The van der Waals surface area contributed by atoms with Gasteiger partial charge in [-0.2, -0.15) is 0 Å². The van der Waals surface area contributed by atoms with Crippen molar-refractivity contribution < 1.29 is 19.1 Å². The summed E-state index contributed by atoms with van der Waals surface area (Å²) in [6, 6.07) is 15.8. The lowest BCUT2D eigenvalue weighted by Gasteiger charge is -2.40. The lowest BCUT2D eigenvalue weighted by molar-refractivity contribution is -0.138. The third-order valence-corrected chi connectivity index (χ3v) is 7.57. The summed E-state index contributed by atoms with van der Waals surface area (Å²) in [4.78, 5) is 33.0. The molecule has 2 saturated heterocycles.